The number of sulfonamides is 1. The highest BCUT2D eigenvalue weighted by Crippen LogP contribution is 2.29. The lowest BCUT2D eigenvalue weighted by Crippen LogP contribution is -2.46. The van der Waals surface area contributed by atoms with Crippen LogP contribution < -0.4 is 10.1 Å². The lowest BCUT2D eigenvalue weighted by molar-refractivity contribution is -0.119. The van der Waals surface area contributed by atoms with Crippen LogP contribution in [0.25, 0.3) is 0 Å². The van der Waals surface area contributed by atoms with Crippen LogP contribution in [0.3, 0.4) is 0 Å². The second kappa shape index (κ2) is 6.88. The quantitative estimate of drug-likeness (QED) is 0.903. The SMILES string of the molecule is COc1cc(C)c(S(=O)(=O)N2CCC(NC(C)=O)CC2)cc1C. The summed E-state index contributed by atoms with van der Waals surface area (Å²) in [6.45, 7) is 5.92. The van der Waals surface area contributed by atoms with Gasteiger partial charge in [0.05, 0.1) is 12.0 Å². The molecule has 1 aliphatic heterocycles. The maximum Gasteiger partial charge on any atom is 0.243 e. The molecule has 128 valence electrons. The summed E-state index contributed by atoms with van der Waals surface area (Å²) in [6.07, 6.45) is 1.26. The average Bonchev–Trinajstić information content (AvgIpc) is 2.49. The topological polar surface area (TPSA) is 75.7 Å². The summed E-state index contributed by atoms with van der Waals surface area (Å²) in [7, 11) is -1.95. The molecule has 1 aliphatic rings. The van der Waals surface area contributed by atoms with Crippen molar-refractivity contribution in [3.63, 3.8) is 0 Å². The maximum absolute atomic E-state index is 12.9. The van der Waals surface area contributed by atoms with Crippen LogP contribution in [0, 0.1) is 13.8 Å². The van der Waals surface area contributed by atoms with Gasteiger partial charge in [0.15, 0.2) is 0 Å². The fourth-order valence-electron chi connectivity index (χ4n) is 2.93. The number of methoxy groups -OCH3 is 1. The van der Waals surface area contributed by atoms with Crippen molar-refractivity contribution in [3.8, 4) is 5.75 Å². The third-order valence-electron chi connectivity index (χ3n) is 4.17. The molecule has 23 heavy (non-hydrogen) atoms. The molecule has 1 aromatic rings. The van der Waals surface area contributed by atoms with E-state index in [-0.39, 0.29) is 11.9 Å². The van der Waals surface area contributed by atoms with Crippen LogP contribution in [0.2, 0.25) is 0 Å². The lowest BCUT2D eigenvalue weighted by Gasteiger charge is -2.31. The smallest absolute Gasteiger partial charge is 0.243 e. The summed E-state index contributed by atoms with van der Waals surface area (Å²) in [5.41, 5.74) is 1.47. The molecule has 0 bridgehead atoms. The van der Waals surface area contributed by atoms with E-state index in [4.69, 9.17) is 4.74 Å². The summed E-state index contributed by atoms with van der Waals surface area (Å²) in [5, 5.41) is 2.85. The highest BCUT2D eigenvalue weighted by atomic mass is 32.2. The molecule has 0 radical (unpaired) electrons. The number of nitrogens with zero attached hydrogens (tertiary/aromatic N) is 1. The number of carbonyl (C=O) groups is 1. The first-order chi connectivity index (χ1) is 10.8. The second-order valence-electron chi connectivity index (χ2n) is 5.97. The van der Waals surface area contributed by atoms with Crippen molar-refractivity contribution in [3.05, 3.63) is 23.3 Å². The van der Waals surface area contributed by atoms with Gasteiger partial charge in [0.1, 0.15) is 5.75 Å². The van der Waals surface area contributed by atoms with E-state index in [1.54, 1.807) is 26.2 Å². The summed E-state index contributed by atoms with van der Waals surface area (Å²) in [6, 6.07) is 3.48. The van der Waals surface area contributed by atoms with Crippen molar-refractivity contribution in [1.82, 2.24) is 9.62 Å². The van der Waals surface area contributed by atoms with E-state index in [2.05, 4.69) is 5.32 Å². The molecule has 0 aliphatic carbocycles. The monoisotopic (exact) mass is 340 g/mol. The molecule has 0 aromatic heterocycles. The molecule has 0 atom stereocenters. The molecule has 1 aromatic carbocycles. The number of amides is 1. The first-order valence-corrected chi connectivity index (χ1v) is 9.12. The van der Waals surface area contributed by atoms with Gasteiger partial charge in [-0.2, -0.15) is 4.31 Å². The number of hydrogen-bond donors (Lipinski definition) is 1. The second-order valence-corrected chi connectivity index (χ2v) is 7.87. The van der Waals surface area contributed by atoms with Gasteiger partial charge in [-0.1, -0.05) is 0 Å². The normalized spacial score (nSPS) is 17.0. The van der Waals surface area contributed by atoms with Crippen molar-refractivity contribution in [2.24, 2.45) is 0 Å². The highest BCUT2D eigenvalue weighted by molar-refractivity contribution is 7.89. The molecule has 0 saturated carbocycles. The minimum Gasteiger partial charge on any atom is -0.496 e. The number of rotatable bonds is 4. The molecule has 1 N–H and O–H groups in total. The van der Waals surface area contributed by atoms with Crippen molar-refractivity contribution in [2.75, 3.05) is 20.2 Å². The summed E-state index contributed by atoms with van der Waals surface area (Å²) < 4.78 is 32.5. The molecule has 2 rings (SSSR count). The van der Waals surface area contributed by atoms with E-state index in [9.17, 15) is 13.2 Å². The Morgan fingerprint density at radius 1 is 1.22 bits per heavy atom. The van der Waals surface area contributed by atoms with E-state index in [0.717, 1.165) is 5.56 Å². The number of piperidine rings is 1. The first-order valence-electron chi connectivity index (χ1n) is 7.68. The molecule has 1 amide bonds. The number of aryl methyl sites for hydroxylation is 2. The fourth-order valence-corrected chi connectivity index (χ4v) is 4.69. The Balaban J connectivity index is 2.20. The zero-order valence-electron chi connectivity index (χ0n) is 14.0. The van der Waals surface area contributed by atoms with E-state index in [1.165, 1.54) is 11.2 Å². The van der Waals surface area contributed by atoms with Crippen LogP contribution in [0.5, 0.6) is 5.75 Å². The Morgan fingerprint density at radius 2 is 1.83 bits per heavy atom. The van der Waals surface area contributed by atoms with Crippen LogP contribution in [0.4, 0.5) is 0 Å². The Labute approximate surface area is 137 Å². The van der Waals surface area contributed by atoms with Crippen LogP contribution in [-0.4, -0.2) is 44.9 Å². The Morgan fingerprint density at radius 3 is 2.35 bits per heavy atom. The number of benzene rings is 1. The van der Waals surface area contributed by atoms with Gasteiger partial charge in [-0.05, 0) is 49.9 Å². The summed E-state index contributed by atoms with van der Waals surface area (Å²) in [5.74, 6) is 0.610. The molecule has 0 spiro atoms. The predicted octanol–water partition coefficient (Wildman–Crippen LogP) is 1.60. The standard InChI is InChI=1S/C16H24N2O4S/c1-11-10-16(12(2)9-15(11)22-4)23(20,21)18-7-5-14(6-8-18)17-13(3)19/h9-10,14H,5-8H2,1-4H3,(H,17,19). The van der Waals surface area contributed by atoms with Gasteiger partial charge in [-0.25, -0.2) is 8.42 Å². The Bertz CT molecular complexity index is 692. The number of hydrogen-bond acceptors (Lipinski definition) is 4. The minimum absolute atomic E-state index is 0.0534. The largest absolute Gasteiger partial charge is 0.496 e. The maximum atomic E-state index is 12.9. The average molecular weight is 340 g/mol. The number of carbonyl (C=O) groups excluding carboxylic acids is 1. The zero-order valence-corrected chi connectivity index (χ0v) is 14.9. The van der Waals surface area contributed by atoms with E-state index in [0.29, 0.717) is 42.1 Å². The summed E-state index contributed by atoms with van der Waals surface area (Å²) in [4.78, 5) is 11.4. The van der Waals surface area contributed by atoms with Gasteiger partial charge in [0.25, 0.3) is 0 Å². The van der Waals surface area contributed by atoms with Gasteiger partial charge < -0.3 is 10.1 Å². The van der Waals surface area contributed by atoms with Gasteiger partial charge in [-0.15, -0.1) is 0 Å². The van der Waals surface area contributed by atoms with E-state index in [1.807, 2.05) is 6.92 Å². The molecule has 1 saturated heterocycles. The van der Waals surface area contributed by atoms with Crippen LogP contribution >= 0.6 is 0 Å². The number of ether oxygens (including phenoxy) is 1. The van der Waals surface area contributed by atoms with Gasteiger partial charge in [0.2, 0.25) is 15.9 Å². The zero-order chi connectivity index (χ0) is 17.2. The summed E-state index contributed by atoms with van der Waals surface area (Å²) >= 11 is 0. The van der Waals surface area contributed by atoms with Crippen LogP contribution in [0.15, 0.2) is 17.0 Å². The number of nitrogens with one attached hydrogen (secondary N) is 1. The first kappa shape index (κ1) is 17.7. The molecular weight excluding hydrogens is 316 g/mol. The fraction of sp³-hybridized carbons (Fsp3) is 0.562. The van der Waals surface area contributed by atoms with E-state index >= 15 is 0 Å². The highest BCUT2D eigenvalue weighted by Gasteiger charge is 2.31. The molecule has 7 heteroatoms. The molecular formula is C16H24N2O4S. The van der Waals surface area contributed by atoms with Crippen molar-refractivity contribution in [2.45, 2.75) is 44.6 Å². The van der Waals surface area contributed by atoms with E-state index < -0.39 is 10.0 Å². The minimum atomic E-state index is -3.53. The van der Waals surface area contributed by atoms with Crippen LogP contribution in [-0.2, 0) is 14.8 Å². The lowest BCUT2D eigenvalue weighted by atomic mass is 10.1. The van der Waals surface area contributed by atoms with Crippen LogP contribution in [0.1, 0.15) is 30.9 Å². The third kappa shape index (κ3) is 3.84. The van der Waals surface area contributed by atoms with Gasteiger partial charge >= 0.3 is 0 Å². The van der Waals surface area contributed by atoms with Crippen molar-refractivity contribution >= 4 is 15.9 Å². The predicted molar refractivity (Wildman–Crippen MR) is 88.1 cm³/mol. The van der Waals surface area contributed by atoms with Gasteiger partial charge in [-0.3, -0.25) is 4.79 Å². The third-order valence-corrected chi connectivity index (χ3v) is 6.21. The van der Waals surface area contributed by atoms with Crippen molar-refractivity contribution in [1.29, 1.82) is 0 Å². The molecule has 1 fully saturated rings. The molecule has 1 heterocycles. The molecule has 0 unspecified atom stereocenters. The Hall–Kier alpha value is -1.60. The Kier molecular flexibility index (Phi) is 5.31. The van der Waals surface area contributed by atoms with Crippen molar-refractivity contribution < 1.29 is 17.9 Å². The molecule has 6 nitrogen and oxygen atoms in total. The van der Waals surface area contributed by atoms with Gasteiger partial charge in [0, 0.05) is 26.1 Å².